The highest BCUT2D eigenvalue weighted by Crippen LogP contribution is 2.49. The molecule has 1 saturated heterocycles. The van der Waals surface area contributed by atoms with Gasteiger partial charge in [0.25, 0.3) is 0 Å². The summed E-state index contributed by atoms with van der Waals surface area (Å²) >= 11 is 0. The minimum absolute atomic E-state index is 0.0778. The van der Waals surface area contributed by atoms with Crippen LogP contribution in [0.5, 0.6) is 0 Å². The van der Waals surface area contributed by atoms with Crippen molar-refractivity contribution in [2.24, 2.45) is 17.8 Å². The summed E-state index contributed by atoms with van der Waals surface area (Å²) in [5.74, 6) is 2.83. The van der Waals surface area contributed by atoms with Gasteiger partial charge in [0.1, 0.15) is 6.23 Å². The summed E-state index contributed by atoms with van der Waals surface area (Å²) in [5.41, 5.74) is 3.32. The Labute approximate surface area is 165 Å². The fourth-order valence-electron chi connectivity index (χ4n) is 5.82. The fourth-order valence-corrected chi connectivity index (χ4v) is 5.82. The normalized spacial score (nSPS) is 29.7. The van der Waals surface area contributed by atoms with Crippen molar-refractivity contribution in [3.8, 4) is 11.3 Å². The van der Waals surface area contributed by atoms with Crippen LogP contribution in [0.25, 0.3) is 22.2 Å². The minimum Gasteiger partial charge on any atom is -0.357 e. The Morgan fingerprint density at radius 1 is 1.11 bits per heavy atom. The lowest BCUT2D eigenvalue weighted by molar-refractivity contribution is -0.0394. The first-order valence-electron chi connectivity index (χ1n) is 10.9. The second kappa shape index (κ2) is 6.73. The Morgan fingerprint density at radius 2 is 2.11 bits per heavy atom. The van der Waals surface area contributed by atoms with Crippen molar-refractivity contribution < 1.29 is 4.74 Å². The van der Waals surface area contributed by atoms with Crippen LogP contribution in [0, 0.1) is 17.8 Å². The summed E-state index contributed by atoms with van der Waals surface area (Å²) in [6.45, 7) is 1.99. The molecule has 146 valence electrons. The first-order valence-corrected chi connectivity index (χ1v) is 10.9. The van der Waals surface area contributed by atoms with Crippen molar-refractivity contribution in [1.82, 2.24) is 19.3 Å². The number of nitrogens with zero attached hydrogens (tertiary/aromatic N) is 4. The average molecular weight is 377 g/mol. The van der Waals surface area contributed by atoms with Crippen molar-refractivity contribution in [3.63, 3.8) is 0 Å². The third-order valence-corrected chi connectivity index (χ3v) is 7.32. The number of hydrogen-bond acceptors (Lipinski definition) is 3. The molecule has 2 bridgehead atoms. The topological polar surface area (TPSA) is 44.9 Å². The summed E-state index contributed by atoms with van der Waals surface area (Å²) in [6.07, 6.45) is 17.6. The predicted octanol–water partition coefficient (Wildman–Crippen LogP) is 5.04. The van der Waals surface area contributed by atoms with Gasteiger partial charge in [0, 0.05) is 36.5 Å². The average Bonchev–Trinajstić information content (AvgIpc) is 3.53. The molecule has 5 nitrogen and oxygen atoms in total. The van der Waals surface area contributed by atoms with Gasteiger partial charge in [0.2, 0.25) is 0 Å². The molecule has 1 aliphatic heterocycles. The zero-order valence-electron chi connectivity index (χ0n) is 16.3. The van der Waals surface area contributed by atoms with E-state index in [0.717, 1.165) is 55.0 Å². The van der Waals surface area contributed by atoms with Crippen LogP contribution >= 0.6 is 0 Å². The molecule has 4 unspecified atom stereocenters. The van der Waals surface area contributed by atoms with Crippen LogP contribution in [0.1, 0.15) is 51.2 Å². The molecule has 0 N–H and O–H groups in total. The van der Waals surface area contributed by atoms with Gasteiger partial charge in [-0.3, -0.25) is 4.98 Å². The molecule has 0 radical (unpaired) electrons. The third kappa shape index (κ3) is 2.87. The third-order valence-electron chi connectivity index (χ3n) is 7.32. The van der Waals surface area contributed by atoms with E-state index in [-0.39, 0.29) is 6.23 Å². The summed E-state index contributed by atoms with van der Waals surface area (Å²) in [5, 5.41) is 5.81. The molecule has 3 fully saturated rings. The number of hydrogen-bond donors (Lipinski definition) is 0. The highest BCUT2D eigenvalue weighted by molar-refractivity contribution is 5.83. The Balaban J connectivity index is 1.23. The number of aromatic nitrogens is 4. The van der Waals surface area contributed by atoms with Gasteiger partial charge in [-0.15, -0.1) is 0 Å². The van der Waals surface area contributed by atoms with E-state index >= 15 is 0 Å². The molecule has 4 atom stereocenters. The molecule has 0 aromatic carbocycles. The van der Waals surface area contributed by atoms with Crippen LogP contribution in [0.3, 0.4) is 0 Å². The van der Waals surface area contributed by atoms with Gasteiger partial charge in [-0.05, 0) is 68.4 Å². The SMILES string of the molecule is c1nn(C2CCCCO2)cc1-c1cc2ccn(CC3CC4CCC3C4)c2cn1. The second-order valence-corrected chi connectivity index (χ2v) is 9.06. The molecule has 5 heteroatoms. The molecule has 3 aliphatic rings. The standard InChI is InChI=1S/C23H28N4O/c1-2-8-28-23(3-1)27-15-20(12-25-27)21-11-18-6-7-26(22(18)13-24-21)14-19-10-16-4-5-17(19)9-16/h6-7,11-13,15-17,19,23H,1-5,8-10,14H2. The van der Waals surface area contributed by atoms with E-state index in [2.05, 4.69) is 34.2 Å². The summed E-state index contributed by atoms with van der Waals surface area (Å²) in [7, 11) is 0. The molecule has 3 aromatic rings. The van der Waals surface area contributed by atoms with Gasteiger partial charge >= 0.3 is 0 Å². The van der Waals surface area contributed by atoms with Gasteiger partial charge in [-0.1, -0.05) is 6.42 Å². The summed E-state index contributed by atoms with van der Waals surface area (Å²) in [4.78, 5) is 4.78. The molecular formula is C23H28N4O. The van der Waals surface area contributed by atoms with Crippen molar-refractivity contribution in [2.45, 2.75) is 57.7 Å². The van der Waals surface area contributed by atoms with Gasteiger partial charge in [0.15, 0.2) is 0 Å². The first kappa shape index (κ1) is 16.8. The molecule has 2 aliphatic carbocycles. The van der Waals surface area contributed by atoms with Gasteiger partial charge < -0.3 is 9.30 Å². The molecule has 3 aromatic heterocycles. The highest BCUT2D eigenvalue weighted by Gasteiger charge is 2.39. The van der Waals surface area contributed by atoms with Crippen LogP contribution in [-0.2, 0) is 11.3 Å². The predicted molar refractivity (Wildman–Crippen MR) is 109 cm³/mol. The Kier molecular flexibility index (Phi) is 4.03. The maximum Gasteiger partial charge on any atom is 0.150 e. The van der Waals surface area contributed by atoms with Crippen LogP contribution in [0.4, 0.5) is 0 Å². The second-order valence-electron chi connectivity index (χ2n) is 9.06. The van der Waals surface area contributed by atoms with Crippen LogP contribution in [0.2, 0.25) is 0 Å². The highest BCUT2D eigenvalue weighted by atomic mass is 16.5. The minimum atomic E-state index is 0.0778. The van der Waals surface area contributed by atoms with E-state index in [1.807, 2.05) is 17.1 Å². The van der Waals surface area contributed by atoms with Gasteiger partial charge in [0.05, 0.1) is 23.6 Å². The summed E-state index contributed by atoms with van der Waals surface area (Å²) in [6, 6.07) is 4.44. The first-order chi connectivity index (χ1) is 13.8. The van der Waals surface area contributed by atoms with Crippen LogP contribution in [0.15, 0.2) is 36.9 Å². The Morgan fingerprint density at radius 3 is 2.93 bits per heavy atom. The Hall–Kier alpha value is -2.14. The van der Waals surface area contributed by atoms with Gasteiger partial charge in [-0.25, -0.2) is 4.68 Å². The van der Waals surface area contributed by atoms with Crippen molar-refractivity contribution in [1.29, 1.82) is 0 Å². The van der Waals surface area contributed by atoms with E-state index < -0.39 is 0 Å². The maximum atomic E-state index is 5.85. The number of pyridine rings is 1. The van der Waals surface area contributed by atoms with E-state index in [0.29, 0.717) is 0 Å². The smallest absolute Gasteiger partial charge is 0.150 e. The lowest BCUT2D eigenvalue weighted by Gasteiger charge is -2.22. The lowest BCUT2D eigenvalue weighted by Crippen LogP contribution is -2.18. The maximum absolute atomic E-state index is 5.85. The molecule has 6 rings (SSSR count). The van der Waals surface area contributed by atoms with E-state index in [1.165, 1.54) is 43.0 Å². The van der Waals surface area contributed by atoms with Crippen molar-refractivity contribution in [2.75, 3.05) is 6.61 Å². The molecular weight excluding hydrogens is 348 g/mol. The number of rotatable bonds is 4. The van der Waals surface area contributed by atoms with Gasteiger partial charge in [-0.2, -0.15) is 5.10 Å². The van der Waals surface area contributed by atoms with Crippen molar-refractivity contribution in [3.05, 3.63) is 36.9 Å². The lowest BCUT2D eigenvalue weighted by atomic mass is 9.89. The molecule has 0 spiro atoms. The quantitative estimate of drug-likeness (QED) is 0.641. The molecule has 28 heavy (non-hydrogen) atoms. The molecule has 2 saturated carbocycles. The van der Waals surface area contributed by atoms with E-state index in [4.69, 9.17) is 9.72 Å². The zero-order chi connectivity index (χ0) is 18.5. The largest absolute Gasteiger partial charge is 0.357 e. The number of fused-ring (bicyclic) bond motifs is 3. The molecule has 4 heterocycles. The Bertz CT molecular complexity index is 984. The monoisotopic (exact) mass is 376 g/mol. The van der Waals surface area contributed by atoms with E-state index in [1.54, 1.807) is 0 Å². The summed E-state index contributed by atoms with van der Waals surface area (Å²) < 4.78 is 10.2. The van der Waals surface area contributed by atoms with Crippen LogP contribution in [-0.4, -0.2) is 25.9 Å². The number of ether oxygens (including phenoxy) is 1. The van der Waals surface area contributed by atoms with Crippen molar-refractivity contribution >= 4 is 10.9 Å². The zero-order valence-corrected chi connectivity index (χ0v) is 16.3. The fraction of sp³-hybridized carbons (Fsp3) is 0.565. The van der Waals surface area contributed by atoms with E-state index in [9.17, 15) is 0 Å². The molecule has 0 amide bonds. The van der Waals surface area contributed by atoms with Crippen LogP contribution < -0.4 is 0 Å².